The average molecular weight is 463 g/mol. The number of alkyl halides is 3. The molecule has 1 saturated carbocycles. The molecule has 0 radical (unpaired) electrons. The second kappa shape index (κ2) is 9.98. The second-order valence-electron chi connectivity index (χ2n) is 7.88. The van der Waals surface area contributed by atoms with Crippen LogP contribution in [0, 0.1) is 25.2 Å². The fourth-order valence-electron chi connectivity index (χ4n) is 3.97. The van der Waals surface area contributed by atoms with Gasteiger partial charge in [0.15, 0.2) is 13.2 Å². The number of nitriles is 1. The van der Waals surface area contributed by atoms with Gasteiger partial charge in [-0.25, -0.2) is 4.79 Å². The third-order valence-corrected chi connectivity index (χ3v) is 5.70. The van der Waals surface area contributed by atoms with Crippen LogP contribution in [0.3, 0.4) is 0 Å². The smallest absolute Gasteiger partial charge is 0.416 e. The topological polar surface area (TPSA) is 93.3 Å². The van der Waals surface area contributed by atoms with Crippen molar-refractivity contribution >= 4 is 17.7 Å². The number of hydrogen-bond donors (Lipinski definition) is 1. The van der Waals surface area contributed by atoms with Gasteiger partial charge in [0.2, 0.25) is 0 Å². The summed E-state index contributed by atoms with van der Waals surface area (Å²) in [6.45, 7) is 2.44. The molecule has 33 heavy (non-hydrogen) atoms. The van der Waals surface area contributed by atoms with Gasteiger partial charge in [-0.2, -0.15) is 18.4 Å². The highest BCUT2D eigenvalue weighted by Gasteiger charge is 2.31. The summed E-state index contributed by atoms with van der Waals surface area (Å²) >= 11 is 0. The third-order valence-electron chi connectivity index (χ3n) is 5.70. The highest BCUT2D eigenvalue weighted by Crippen LogP contribution is 2.37. The van der Waals surface area contributed by atoms with Crippen LogP contribution in [0.1, 0.15) is 54.1 Å². The summed E-state index contributed by atoms with van der Waals surface area (Å²) in [4.78, 5) is 24.3. The number of rotatable bonds is 7. The van der Waals surface area contributed by atoms with Crippen LogP contribution < -0.4 is 10.1 Å². The molecule has 0 saturated heterocycles. The number of carbonyl (C=O) groups excluding carboxylic acids is 2. The predicted octanol–water partition coefficient (Wildman–Crippen LogP) is 4.67. The van der Waals surface area contributed by atoms with Crippen LogP contribution in [0.25, 0.3) is 0 Å². The molecule has 0 atom stereocenters. The fraction of sp³-hybridized carbons (Fsp3) is 0.435. The Bertz CT molecular complexity index is 1080. The van der Waals surface area contributed by atoms with Gasteiger partial charge < -0.3 is 19.4 Å². The summed E-state index contributed by atoms with van der Waals surface area (Å²) < 4.78 is 50.1. The zero-order valence-corrected chi connectivity index (χ0v) is 18.3. The Morgan fingerprint density at radius 3 is 2.55 bits per heavy atom. The number of nitrogens with zero attached hydrogens (tertiary/aromatic N) is 2. The van der Waals surface area contributed by atoms with E-state index in [0.717, 1.165) is 55.1 Å². The molecule has 1 N–H and O–H groups in total. The largest absolute Gasteiger partial charge is 0.482 e. The zero-order chi connectivity index (χ0) is 24.2. The van der Waals surface area contributed by atoms with Gasteiger partial charge in [-0.15, -0.1) is 0 Å². The summed E-state index contributed by atoms with van der Waals surface area (Å²) in [7, 11) is 0. The molecule has 1 aliphatic rings. The lowest BCUT2D eigenvalue weighted by atomic mass is 10.2. The van der Waals surface area contributed by atoms with Crippen LogP contribution in [-0.2, 0) is 20.5 Å². The van der Waals surface area contributed by atoms with Crippen molar-refractivity contribution in [3.05, 3.63) is 46.6 Å². The molecule has 0 bridgehead atoms. The molecule has 3 rings (SSSR count). The standard InChI is InChI=1S/C23H24F3N3O4/c1-14-15(2)29(17-7-3-4-8-17)22(19(14)11-27)28-20(30)12-33-21(31)13-32-18-9-5-6-16(10-18)23(24,25)26/h5-6,9-10,17H,3-4,7-8,12-13H2,1-2H3,(H,28,30). The number of esters is 1. The molecule has 0 spiro atoms. The van der Waals surface area contributed by atoms with Crippen LogP contribution in [0.4, 0.5) is 19.0 Å². The number of halogens is 3. The van der Waals surface area contributed by atoms with Gasteiger partial charge in [-0.3, -0.25) is 4.79 Å². The minimum Gasteiger partial charge on any atom is -0.482 e. The first kappa shape index (κ1) is 24.2. The summed E-state index contributed by atoms with van der Waals surface area (Å²) in [6.07, 6.45) is -0.498. The minimum atomic E-state index is -4.53. The van der Waals surface area contributed by atoms with Crippen LogP contribution in [0.2, 0.25) is 0 Å². The van der Waals surface area contributed by atoms with Gasteiger partial charge in [0.25, 0.3) is 5.91 Å². The van der Waals surface area contributed by atoms with Crippen molar-refractivity contribution in [2.45, 2.75) is 51.7 Å². The van der Waals surface area contributed by atoms with Crippen LogP contribution in [0.5, 0.6) is 5.75 Å². The minimum absolute atomic E-state index is 0.148. The van der Waals surface area contributed by atoms with Crippen LogP contribution >= 0.6 is 0 Å². The maximum Gasteiger partial charge on any atom is 0.416 e. The number of benzene rings is 1. The lowest BCUT2D eigenvalue weighted by Gasteiger charge is -2.19. The maximum absolute atomic E-state index is 12.7. The number of hydrogen-bond acceptors (Lipinski definition) is 5. The number of carbonyl (C=O) groups is 2. The molecule has 1 aliphatic carbocycles. The first-order valence-corrected chi connectivity index (χ1v) is 10.5. The van der Waals surface area contributed by atoms with E-state index in [0.29, 0.717) is 11.4 Å². The molecule has 1 heterocycles. The molecule has 2 aromatic rings. The first-order valence-electron chi connectivity index (χ1n) is 10.5. The Labute approximate surface area is 189 Å². The molecule has 0 unspecified atom stereocenters. The Hall–Kier alpha value is -3.48. The van der Waals surface area contributed by atoms with Crippen LogP contribution in [0.15, 0.2) is 24.3 Å². The molecule has 7 nitrogen and oxygen atoms in total. The molecule has 1 aromatic heterocycles. The first-order chi connectivity index (χ1) is 15.6. The lowest BCUT2D eigenvalue weighted by molar-refractivity contribution is -0.149. The molecule has 1 fully saturated rings. The summed E-state index contributed by atoms with van der Waals surface area (Å²) in [5.74, 6) is -1.30. The third kappa shape index (κ3) is 5.66. The zero-order valence-electron chi connectivity index (χ0n) is 18.3. The number of anilines is 1. The normalized spacial score (nSPS) is 14.1. The van der Waals surface area contributed by atoms with E-state index in [-0.39, 0.29) is 11.8 Å². The van der Waals surface area contributed by atoms with Crippen molar-refractivity contribution in [2.75, 3.05) is 18.5 Å². The summed E-state index contributed by atoms with van der Waals surface area (Å²) in [5.41, 5.74) is 1.15. The molecular formula is C23H24F3N3O4. The number of ether oxygens (including phenoxy) is 2. The fourth-order valence-corrected chi connectivity index (χ4v) is 3.97. The maximum atomic E-state index is 12.7. The van der Waals surface area contributed by atoms with E-state index in [1.807, 2.05) is 18.4 Å². The Balaban J connectivity index is 1.58. The van der Waals surface area contributed by atoms with Gasteiger partial charge in [0.05, 0.1) is 11.1 Å². The van der Waals surface area contributed by atoms with Gasteiger partial charge in [-0.05, 0) is 50.5 Å². The van der Waals surface area contributed by atoms with Crippen molar-refractivity contribution in [3.8, 4) is 11.8 Å². The van der Waals surface area contributed by atoms with E-state index < -0.39 is 36.8 Å². The van der Waals surface area contributed by atoms with E-state index in [9.17, 15) is 28.0 Å². The van der Waals surface area contributed by atoms with Gasteiger partial charge in [-0.1, -0.05) is 18.9 Å². The van der Waals surface area contributed by atoms with Gasteiger partial charge in [0, 0.05) is 11.7 Å². The van der Waals surface area contributed by atoms with Crippen molar-refractivity contribution in [1.29, 1.82) is 5.26 Å². The van der Waals surface area contributed by atoms with E-state index in [4.69, 9.17) is 9.47 Å². The number of aromatic nitrogens is 1. The number of amides is 1. The second-order valence-corrected chi connectivity index (χ2v) is 7.88. The van der Waals surface area contributed by atoms with Gasteiger partial charge in [0.1, 0.15) is 17.6 Å². The molecule has 1 amide bonds. The van der Waals surface area contributed by atoms with Crippen molar-refractivity contribution in [1.82, 2.24) is 4.57 Å². The number of nitrogens with one attached hydrogen (secondary N) is 1. The summed E-state index contributed by atoms with van der Waals surface area (Å²) in [6, 6.07) is 6.41. The monoisotopic (exact) mass is 463 g/mol. The molecule has 176 valence electrons. The molecular weight excluding hydrogens is 439 g/mol. The molecule has 1 aromatic carbocycles. The van der Waals surface area contributed by atoms with E-state index in [2.05, 4.69) is 11.4 Å². The van der Waals surface area contributed by atoms with Crippen LogP contribution in [-0.4, -0.2) is 29.7 Å². The van der Waals surface area contributed by atoms with Crippen molar-refractivity contribution < 1.29 is 32.2 Å². The van der Waals surface area contributed by atoms with Crippen molar-refractivity contribution in [2.24, 2.45) is 0 Å². The highest BCUT2D eigenvalue weighted by molar-refractivity contribution is 5.93. The highest BCUT2D eigenvalue weighted by atomic mass is 19.4. The van der Waals surface area contributed by atoms with E-state index in [1.54, 1.807) is 0 Å². The quantitative estimate of drug-likeness (QED) is 0.603. The lowest BCUT2D eigenvalue weighted by Crippen LogP contribution is -2.25. The SMILES string of the molecule is Cc1c(C#N)c(NC(=O)COC(=O)COc2cccc(C(F)(F)F)c2)n(C2CCCC2)c1C. The predicted molar refractivity (Wildman–Crippen MR) is 113 cm³/mol. The Kier molecular flexibility index (Phi) is 7.31. The Morgan fingerprint density at radius 2 is 1.91 bits per heavy atom. The average Bonchev–Trinajstić information content (AvgIpc) is 3.37. The van der Waals surface area contributed by atoms with E-state index >= 15 is 0 Å². The van der Waals surface area contributed by atoms with E-state index in [1.165, 1.54) is 6.07 Å². The van der Waals surface area contributed by atoms with Crippen molar-refractivity contribution in [3.63, 3.8) is 0 Å². The molecule has 0 aliphatic heterocycles. The Morgan fingerprint density at radius 1 is 1.21 bits per heavy atom. The van der Waals surface area contributed by atoms with Gasteiger partial charge >= 0.3 is 12.1 Å². The summed E-state index contributed by atoms with van der Waals surface area (Å²) in [5, 5.41) is 12.3. The molecule has 10 heteroatoms.